The van der Waals surface area contributed by atoms with Crippen LogP contribution in [0.5, 0.6) is 0 Å². The number of fused-ring (bicyclic) bond motifs is 1. The van der Waals surface area contributed by atoms with E-state index in [9.17, 15) is 5.11 Å². The van der Waals surface area contributed by atoms with Gasteiger partial charge in [0, 0.05) is 30.0 Å². The molecule has 0 amide bonds. The largest absolute Gasteiger partial charge is 0.388 e. The predicted molar refractivity (Wildman–Crippen MR) is 83.5 cm³/mol. The first-order valence-corrected chi connectivity index (χ1v) is 8.03. The fraction of sp³-hybridized carbons (Fsp3) is 0.765. The molecule has 1 saturated heterocycles. The first-order chi connectivity index (χ1) is 9.85. The van der Waals surface area contributed by atoms with Crippen LogP contribution in [0.4, 0.5) is 0 Å². The zero-order valence-corrected chi connectivity index (χ0v) is 13.7. The Hall–Kier alpha value is -0.840. The Kier molecular flexibility index (Phi) is 3.89. The molecule has 2 aliphatic rings. The normalized spacial score (nSPS) is 29.4. The van der Waals surface area contributed by atoms with Gasteiger partial charge in [0.25, 0.3) is 0 Å². The minimum absolute atomic E-state index is 0.166. The van der Waals surface area contributed by atoms with E-state index in [1.165, 1.54) is 11.4 Å². The molecule has 4 nitrogen and oxygen atoms in total. The van der Waals surface area contributed by atoms with Crippen molar-refractivity contribution in [2.24, 2.45) is 5.41 Å². The third kappa shape index (κ3) is 3.03. The zero-order chi connectivity index (χ0) is 15.2. The average Bonchev–Trinajstić information content (AvgIpc) is 2.66. The van der Waals surface area contributed by atoms with E-state index in [2.05, 4.69) is 43.4 Å². The number of aliphatic hydroxyl groups is 1. The lowest BCUT2D eigenvalue weighted by Crippen LogP contribution is -2.42. The molecule has 4 heteroatoms. The Balaban J connectivity index is 1.86. The fourth-order valence-electron chi connectivity index (χ4n) is 3.83. The molecule has 2 heterocycles. The van der Waals surface area contributed by atoms with Gasteiger partial charge in [-0.3, -0.25) is 0 Å². The number of morpholine rings is 1. The summed E-state index contributed by atoms with van der Waals surface area (Å²) in [5.74, 6) is 0. The van der Waals surface area contributed by atoms with Crippen molar-refractivity contribution in [2.75, 3.05) is 26.7 Å². The zero-order valence-electron chi connectivity index (χ0n) is 13.7. The molecule has 1 aliphatic heterocycles. The maximum absolute atomic E-state index is 10.4. The van der Waals surface area contributed by atoms with Gasteiger partial charge in [-0.05, 0) is 38.3 Å². The van der Waals surface area contributed by atoms with Crippen LogP contribution in [-0.2, 0) is 17.7 Å². The van der Waals surface area contributed by atoms with Crippen molar-refractivity contribution in [1.29, 1.82) is 0 Å². The van der Waals surface area contributed by atoms with Gasteiger partial charge in [0.05, 0.1) is 25.4 Å². The molecule has 0 spiro atoms. The lowest BCUT2D eigenvalue weighted by molar-refractivity contribution is -0.0284. The smallest absolute Gasteiger partial charge is 0.0881 e. The summed E-state index contributed by atoms with van der Waals surface area (Å²) in [7, 11) is 2.15. The Morgan fingerprint density at radius 1 is 1.43 bits per heavy atom. The van der Waals surface area contributed by atoms with Gasteiger partial charge in [-0.1, -0.05) is 13.8 Å². The van der Waals surface area contributed by atoms with Crippen molar-refractivity contribution in [2.45, 2.75) is 52.4 Å². The minimum atomic E-state index is -0.321. The van der Waals surface area contributed by atoms with Crippen LogP contribution in [0.15, 0.2) is 6.07 Å². The van der Waals surface area contributed by atoms with Gasteiger partial charge in [-0.2, -0.15) is 0 Å². The summed E-state index contributed by atoms with van der Waals surface area (Å²) in [6, 6.07) is 2.17. The summed E-state index contributed by atoms with van der Waals surface area (Å²) in [6.45, 7) is 10.4. The van der Waals surface area contributed by atoms with Crippen molar-refractivity contribution in [3.8, 4) is 0 Å². The molecule has 1 N–H and O–H groups in total. The maximum atomic E-state index is 10.4. The molecular weight excluding hydrogens is 264 g/mol. The van der Waals surface area contributed by atoms with Crippen molar-refractivity contribution >= 4 is 0 Å². The van der Waals surface area contributed by atoms with Crippen LogP contribution in [0.25, 0.3) is 0 Å². The molecule has 21 heavy (non-hydrogen) atoms. The van der Waals surface area contributed by atoms with Crippen LogP contribution in [0.1, 0.15) is 43.3 Å². The quantitative estimate of drug-likeness (QED) is 0.907. The Morgan fingerprint density at radius 2 is 2.19 bits per heavy atom. The van der Waals surface area contributed by atoms with Crippen LogP contribution in [0.3, 0.4) is 0 Å². The minimum Gasteiger partial charge on any atom is -0.388 e. The van der Waals surface area contributed by atoms with Crippen LogP contribution in [-0.4, -0.2) is 47.4 Å². The lowest BCUT2D eigenvalue weighted by atomic mass is 9.75. The molecule has 1 aliphatic carbocycles. The summed E-state index contributed by atoms with van der Waals surface area (Å²) in [4.78, 5) is 2.33. The summed E-state index contributed by atoms with van der Waals surface area (Å²) in [5.41, 5.74) is 3.86. The van der Waals surface area contributed by atoms with E-state index in [0.717, 1.165) is 44.6 Å². The second-order valence-electron chi connectivity index (χ2n) is 7.61. The predicted octanol–water partition coefficient (Wildman–Crippen LogP) is 2.13. The van der Waals surface area contributed by atoms with Crippen LogP contribution in [0, 0.1) is 12.3 Å². The molecule has 2 atom stereocenters. The number of ether oxygens (including phenoxy) is 1. The van der Waals surface area contributed by atoms with Gasteiger partial charge in [0.2, 0.25) is 0 Å². The highest BCUT2D eigenvalue weighted by molar-refractivity contribution is 5.33. The molecule has 1 aromatic rings. The van der Waals surface area contributed by atoms with E-state index < -0.39 is 0 Å². The van der Waals surface area contributed by atoms with E-state index >= 15 is 0 Å². The number of nitrogens with zero attached hydrogens (tertiary/aromatic N) is 2. The van der Waals surface area contributed by atoms with E-state index in [1.807, 2.05) is 0 Å². The van der Waals surface area contributed by atoms with Gasteiger partial charge in [0.1, 0.15) is 0 Å². The molecular formula is C17H28N2O2. The molecule has 1 aromatic heterocycles. The van der Waals surface area contributed by atoms with Crippen LogP contribution >= 0.6 is 0 Å². The van der Waals surface area contributed by atoms with Gasteiger partial charge < -0.3 is 19.3 Å². The third-order valence-electron chi connectivity index (χ3n) is 4.93. The SMILES string of the molecule is Cc1cc2c(n1CC1CN(C)CCO1)CC(C)(C)CC2O. The summed E-state index contributed by atoms with van der Waals surface area (Å²) < 4.78 is 8.30. The third-order valence-corrected chi connectivity index (χ3v) is 4.93. The molecule has 0 saturated carbocycles. The number of hydrogen-bond donors (Lipinski definition) is 1. The van der Waals surface area contributed by atoms with Gasteiger partial charge in [0.15, 0.2) is 0 Å². The van der Waals surface area contributed by atoms with Crippen molar-refractivity contribution in [3.05, 3.63) is 23.0 Å². The van der Waals surface area contributed by atoms with Gasteiger partial charge >= 0.3 is 0 Å². The molecule has 118 valence electrons. The van der Waals surface area contributed by atoms with E-state index in [-0.39, 0.29) is 17.6 Å². The van der Waals surface area contributed by atoms with E-state index in [4.69, 9.17) is 4.74 Å². The first-order valence-electron chi connectivity index (χ1n) is 8.03. The summed E-state index contributed by atoms with van der Waals surface area (Å²) in [5, 5.41) is 10.4. The van der Waals surface area contributed by atoms with Crippen molar-refractivity contribution < 1.29 is 9.84 Å². The Labute approximate surface area is 127 Å². The lowest BCUT2D eigenvalue weighted by Gasteiger charge is -2.35. The highest BCUT2D eigenvalue weighted by Crippen LogP contribution is 2.42. The Morgan fingerprint density at radius 3 is 2.90 bits per heavy atom. The number of aromatic nitrogens is 1. The number of rotatable bonds is 2. The second-order valence-corrected chi connectivity index (χ2v) is 7.61. The van der Waals surface area contributed by atoms with Crippen LogP contribution in [0.2, 0.25) is 0 Å². The topological polar surface area (TPSA) is 37.6 Å². The standard InChI is InChI=1S/C17H28N2O2/c1-12-7-14-15(8-17(2,3)9-16(14)20)19(12)11-13-10-18(4)5-6-21-13/h7,13,16,20H,5-6,8-11H2,1-4H3. The highest BCUT2D eigenvalue weighted by atomic mass is 16.5. The fourth-order valence-corrected chi connectivity index (χ4v) is 3.83. The second kappa shape index (κ2) is 5.41. The maximum Gasteiger partial charge on any atom is 0.0881 e. The highest BCUT2D eigenvalue weighted by Gasteiger charge is 2.34. The number of aliphatic hydroxyl groups excluding tert-OH is 1. The molecule has 3 rings (SSSR count). The number of aryl methyl sites for hydroxylation is 1. The summed E-state index contributed by atoms with van der Waals surface area (Å²) >= 11 is 0. The van der Waals surface area contributed by atoms with Crippen molar-refractivity contribution in [1.82, 2.24) is 9.47 Å². The van der Waals surface area contributed by atoms with E-state index in [0.29, 0.717) is 0 Å². The monoisotopic (exact) mass is 292 g/mol. The number of hydrogen-bond acceptors (Lipinski definition) is 3. The van der Waals surface area contributed by atoms with Gasteiger partial charge in [-0.15, -0.1) is 0 Å². The molecule has 2 unspecified atom stereocenters. The average molecular weight is 292 g/mol. The van der Waals surface area contributed by atoms with Crippen molar-refractivity contribution in [3.63, 3.8) is 0 Å². The Bertz CT molecular complexity index is 521. The first kappa shape index (κ1) is 15.1. The van der Waals surface area contributed by atoms with E-state index in [1.54, 1.807) is 0 Å². The van der Waals surface area contributed by atoms with Gasteiger partial charge in [-0.25, -0.2) is 0 Å². The molecule has 0 aromatic carbocycles. The number of likely N-dealkylation sites (N-methyl/N-ethyl adjacent to an activating group) is 1. The molecule has 1 fully saturated rings. The molecule has 0 radical (unpaired) electrons. The van der Waals surface area contributed by atoms with Crippen LogP contribution < -0.4 is 0 Å². The summed E-state index contributed by atoms with van der Waals surface area (Å²) in [6.07, 6.45) is 1.82. The molecule has 0 bridgehead atoms.